The quantitative estimate of drug-likeness (QED) is 0.409. The largest absolute Gasteiger partial charge is 0.364 e. The van der Waals surface area contributed by atoms with Gasteiger partial charge in [-0.3, -0.25) is 10.4 Å². The Balaban J connectivity index is 2.45. The minimum absolute atomic E-state index is 0.479. The van der Waals surface area contributed by atoms with Crippen LogP contribution in [0.15, 0.2) is 29.5 Å². The number of aromatic nitrogens is 1. The van der Waals surface area contributed by atoms with Crippen molar-refractivity contribution in [3.8, 4) is 0 Å². The van der Waals surface area contributed by atoms with Gasteiger partial charge in [-0.2, -0.15) is 5.10 Å². The fraction of sp³-hybridized carbons (Fsp3) is 0.125. The Morgan fingerprint density at radius 3 is 3.08 bits per heavy atom. The first-order chi connectivity index (χ1) is 6.33. The summed E-state index contributed by atoms with van der Waals surface area (Å²) in [4.78, 5) is 4.05. The van der Waals surface area contributed by atoms with Crippen LogP contribution in [0.4, 0.5) is 0 Å². The van der Waals surface area contributed by atoms with Crippen molar-refractivity contribution >= 4 is 23.5 Å². The van der Waals surface area contributed by atoms with Gasteiger partial charge in [-0.1, -0.05) is 6.07 Å². The van der Waals surface area contributed by atoms with Gasteiger partial charge in [0, 0.05) is 13.2 Å². The first-order valence-electron chi connectivity index (χ1n) is 3.75. The monoisotopic (exact) mass is 194 g/mol. The predicted molar refractivity (Wildman–Crippen MR) is 56.6 cm³/mol. The van der Waals surface area contributed by atoms with Gasteiger partial charge in [0.1, 0.15) is 0 Å². The summed E-state index contributed by atoms with van der Waals surface area (Å²) < 4.78 is 0. The summed E-state index contributed by atoms with van der Waals surface area (Å²) in [6.07, 6.45) is 3.31. The highest BCUT2D eigenvalue weighted by atomic mass is 32.1. The molecule has 0 aromatic carbocycles. The lowest BCUT2D eigenvalue weighted by Gasteiger charge is -1.98. The molecule has 1 aromatic heterocycles. The van der Waals surface area contributed by atoms with E-state index in [1.807, 2.05) is 18.2 Å². The molecule has 0 aliphatic rings. The molecule has 0 amide bonds. The summed E-state index contributed by atoms with van der Waals surface area (Å²) in [7, 11) is 1.73. The number of nitrogens with one attached hydrogen (secondary N) is 2. The van der Waals surface area contributed by atoms with E-state index < -0.39 is 0 Å². The zero-order valence-corrected chi connectivity index (χ0v) is 8.01. The lowest BCUT2D eigenvalue weighted by molar-refractivity contribution is 0.980. The molecule has 0 spiro atoms. The fourth-order valence-electron chi connectivity index (χ4n) is 0.665. The minimum Gasteiger partial charge on any atom is -0.364 e. The summed E-state index contributed by atoms with van der Waals surface area (Å²) in [5, 5.41) is 7.09. The molecule has 0 saturated carbocycles. The molecule has 0 saturated heterocycles. The van der Waals surface area contributed by atoms with Crippen LogP contribution in [0.5, 0.6) is 0 Å². The molecule has 68 valence electrons. The minimum atomic E-state index is 0.479. The van der Waals surface area contributed by atoms with Gasteiger partial charge in [-0.25, -0.2) is 0 Å². The molecule has 0 aliphatic heterocycles. The average Bonchev–Trinajstić information content (AvgIpc) is 2.19. The van der Waals surface area contributed by atoms with Crippen LogP contribution in [-0.2, 0) is 0 Å². The Morgan fingerprint density at radius 1 is 1.62 bits per heavy atom. The van der Waals surface area contributed by atoms with Crippen LogP contribution in [-0.4, -0.2) is 23.4 Å². The maximum Gasteiger partial charge on any atom is 0.186 e. The van der Waals surface area contributed by atoms with E-state index in [0.717, 1.165) is 5.69 Å². The lowest BCUT2D eigenvalue weighted by atomic mass is 10.4. The van der Waals surface area contributed by atoms with Gasteiger partial charge in [0.15, 0.2) is 5.11 Å². The van der Waals surface area contributed by atoms with E-state index in [0.29, 0.717) is 5.11 Å². The molecule has 0 fully saturated rings. The van der Waals surface area contributed by atoms with Gasteiger partial charge in [0.05, 0.1) is 11.9 Å². The summed E-state index contributed by atoms with van der Waals surface area (Å²) in [6, 6.07) is 5.60. The third-order valence-corrected chi connectivity index (χ3v) is 1.57. The summed E-state index contributed by atoms with van der Waals surface area (Å²) >= 11 is 4.81. The highest BCUT2D eigenvalue weighted by Gasteiger charge is 1.86. The molecular weight excluding hydrogens is 184 g/mol. The van der Waals surface area contributed by atoms with Crippen molar-refractivity contribution in [3.05, 3.63) is 30.1 Å². The van der Waals surface area contributed by atoms with Crippen LogP contribution in [0, 0.1) is 0 Å². The van der Waals surface area contributed by atoms with Gasteiger partial charge in [0.25, 0.3) is 0 Å². The normalized spacial score (nSPS) is 9.92. The maximum atomic E-state index is 4.81. The summed E-state index contributed by atoms with van der Waals surface area (Å²) in [5.74, 6) is 0. The van der Waals surface area contributed by atoms with Gasteiger partial charge >= 0.3 is 0 Å². The number of rotatable bonds is 2. The topological polar surface area (TPSA) is 49.3 Å². The second-order valence-electron chi connectivity index (χ2n) is 2.20. The van der Waals surface area contributed by atoms with E-state index in [1.165, 1.54) is 0 Å². The summed E-state index contributed by atoms with van der Waals surface area (Å²) in [6.45, 7) is 0. The first-order valence-corrected chi connectivity index (χ1v) is 4.15. The SMILES string of the molecule is CNC(=S)N/N=C/c1ccccn1. The van der Waals surface area contributed by atoms with Crippen molar-refractivity contribution in [1.82, 2.24) is 15.7 Å². The van der Waals surface area contributed by atoms with Crippen LogP contribution < -0.4 is 10.7 Å². The third-order valence-electron chi connectivity index (χ3n) is 1.28. The molecule has 0 aliphatic carbocycles. The van der Waals surface area contributed by atoms with Crippen molar-refractivity contribution in [2.24, 2.45) is 5.10 Å². The molecule has 0 bridgehead atoms. The molecular formula is C8H10N4S. The highest BCUT2D eigenvalue weighted by molar-refractivity contribution is 7.80. The average molecular weight is 194 g/mol. The van der Waals surface area contributed by atoms with E-state index in [9.17, 15) is 0 Å². The smallest absolute Gasteiger partial charge is 0.186 e. The van der Waals surface area contributed by atoms with Crippen LogP contribution in [0.1, 0.15) is 5.69 Å². The second kappa shape index (κ2) is 5.21. The first kappa shape index (κ1) is 9.60. The third kappa shape index (κ3) is 3.62. The van der Waals surface area contributed by atoms with Gasteiger partial charge in [-0.05, 0) is 24.4 Å². The predicted octanol–water partition coefficient (Wildman–Crippen LogP) is 0.509. The van der Waals surface area contributed by atoms with Crippen LogP contribution in [0.25, 0.3) is 0 Å². The number of hydrazone groups is 1. The fourth-order valence-corrected chi connectivity index (χ4v) is 0.718. The molecule has 4 nitrogen and oxygen atoms in total. The van der Waals surface area contributed by atoms with Crippen LogP contribution in [0.3, 0.4) is 0 Å². The van der Waals surface area contributed by atoms with Crippen molar-refractivity contribution < 1.29 is 0 Å². The number of hydrogen-bond donors (Lipinski definition) is 2. The van der Waals surface area contributed by atoms with E-state index in [4.69, 9.17) is 12.2 Å². The van der Waals surface area contributed by atoms with E-state index in [2.05, 4.69) is 20.8 Å². The highest BCUT2D eigenvalue weighted by Crippen LogP contribution is 1.87. The molecule has 0 radical (unpaired) electrons. The Hall–Kier alpha value is -1.49. The molecule has 0 atom stereocenters. The van der Waals surface area contributed by atoms with E-state index in [-0.39, 0.29) is 0 Å². The van der Waals surface area contributed by atoms with Crippen molar-refractivity contribution in [2.45, 2.75) is 0 Å². The molecule has 1 aromatic rings. The molecule has 2 N–H and O–H groups in total. The second-order valence-corrected chi connectivity index (χ2v) is 2.61. The Bertz CT molecular complexity index is 296. The zero-order chi connectivity index (χ0) is 9.52. The van der Waals surface area contributed by atoms with Crippen LogP contribution in [0.2, 0.25) is 0 Å². The molecule has 0 unspecified atom stereocenters. The van der Waals surface area contributed by atoms with E-state index in [1.54, 1.807) is 19.5 Å². The zero-order valence-electron chi connectivity index (χ0n) is 7.19. The summed E-state index contributed by atoms with van der Waals surface area (Å²) in [5.41, 5.74) is 3.42. The lowest BCUT2D eigenvalue weighted by Crippen LogP contribution is -2.28. The Morgan fingerprint density at radius 2 is 2.46 bits per heavy atom. The van der Waals surface area contributed by atoms with Crippen molar-refractivity contribution in [1.29, 1.82) is 0 Å². The Kier molecular flexibility index (Phi) is 3.84. The van der Waals surface area contributed by atoms with E-state index >= 15 is 0 Å². The number of thiocarbonyl (C=S) groups is 1. The Labute approximate surface area is 82.1 Å². The van der Waals surface area contributed by atoms with Crippen molar-refractivity contribution in [2.75, 3.05) is 7.05 Å². The number of nitrogens with zero attached hydrogens (tertiary/aromatic N) is 2. The standard InChI is InChI=1S/C8H10N4S/c1-9-8(13)12-11-6-7-4-2-3-5-10-7/h2-6H,1H3,(H2,9,12,13)/b11-6+. The number of pyridine rings is 1. The maximum absolute atomic E-state index is 4.81. The molecule has 13 heavy (non-hydrogen) atoms. The molecule has 5 heteroatoms. The number of hydrogen-bond acceptors (Lipinski definition) is 3. The van der Waals surface area contributed by atoms with Crippen LogP contribution >= 0.6 is 12.2 Å². The van der Waals surface area contributed by atoms with Crippen molar-refractivity contribution in [3.63, 3.8) is 0 Å². The van der Waals surface area contributed by atoms with Gasteiger partial charge in [-0.15, -0.1) is 0 Å². The molecule has 1 rings (SSSR count). The van der Waals surface area contributed by atoms with Gasteiger partial charge in [0.2, 0.25) is 0 Å². The molecule has 1 heterocycles. The van der Waals surface area contributed by atoms with Gasteiger partial charge < -0.3 is 5.32 Å².